The summed E-state index contributed by atoms with van der Waals surface area (Å²) in [6.07, 6.45) is 3.91. The zero-order chi connectivity index (χ0) is 16.5. The number of hydrogen-bond acceptors (Lipinski definition) is 4. The molecular formula is C18H21N5O. The Balaban J connectivity index is 1.42. The lowest BCUT2D eigenvalue weighted by Gasteiger charge is -2.29. The van der Waals surface area contributed by atoms with Crippen molar-refractivity contribution < 1.29 is 0 Å². The van der Waals surface area contributed by atoms with Gasteiger partial charge in [0.05, 0.1) is 22.8 Å². The van der Waals surface area contributed by atoms with E-state index < -0.39 is 0 Å². The molecule has 0 aliphatic heterocycles. The van der Waals surface area contributed by atoms with Crippen LogP contribution in [0.15, 0.2) is 41.2 Å². The highest BCUT2D eigenvalue weighted by Crippen LogP contribution is 2.28. The minimum atomic E-state index is -0.00528. The number of benzene rings is 1. The number of aryl methyl sites for hydroxylation is 1. The molecule has 2 N–H and O–H groups in total. The van der Waals surface area contributed by atoms with Crippen LogP contribution >= 0.6 is 0 Å². The maximum Gasteiger partial charge on any atom is 0.267 e. The lowest BCUT2D eigenvalue weighted by molar-refractivity contribution is 0.302. The normalized spacial score (nSPS) is 21.0. The van der Waals surface area contributed by atoms with Gasteiger partial charge in [-0.05, 0) is 50.8 Å². The zero-order valence-corrected chi connectivity index (χ0v) is 13.7. The van der Waals surface area contributed by atoms with Gasteiger partial charge in [0.2, 0.25) is 5.95 Å². The van der Waals surface area contributed by atoms with Crippen molar-refractivity contribution in [3.8, 4) is 0 Å². The summed E-state index contributed by atoms with van der Waals surface area (Å²) in [5.41, 5.74) is 2.90. The van der Waals surface area contributed by atoms with Crippen LogP contribution in [0.3, 0.4) is 0 Å². The number of aromatic nitrogens is 4. The number of imidazole rings is 1. The molecule has 0 spiro atoms. The topological polar surface area (TPSA) is 75.6 Å². The van der Waals surface area contributed by atoms with Crippen molar-refractivity contribution in [1.29, 1.82) is 0 Å². The molecule has 1 fully saturated rings. The maximum absolute atomic E-state index is 12.0. The van der Waals surface area contributed by atoms with E-state index in [1.54, 1.807) is 16.8 Å². The van der Waals surface area contributed by atoms with Crippen molar-refractivity contribution in [3.05, 3.63) is 52.4 Å². The predicted molar refractivity (Wildman–Crippen MR) is 94.2 cm³/mol. The minimum absolute atomic E-state index is 0.00528. The first-order valence-corrected chi connectivity index (χ1v) is 8.47. The molecule has 0 radical (unpaired) electrons. The molecule has 0 bridgehead atoms. The monoisotopic (exact) mass is 323 g/mol. The number of H-pyrrole nitrogens is 1. The summed E-state index contributed by atoms with van der Waals surface area (Å²) < 4.78 is 1.66. The van der Waals surface area contributed by atoms with Gasteiger partial charge in [-0.2, -0.15) is 5.10 Å². The number of rotatable bonds is 3. The maximum atomic E-state index is 12.0. The van der Waals surface area contributed by atoms with Crippen molar-refractivity contribution in [3.63, 3.8) is 0 Å². The van der Waals surface area contributed by atoms with E-state index in [4.69, 9.17) is 0 Å². The molecule has 3 aromatic rings. The fraction of sp³-hybridized carbons (Fsp3) is 0.389. The summed E-state index contributed by atoms with van der Waals surface area (Å²) in [5, 5.41) is 7.89. The summed E-state index contributed by atoms with van der Waals surface area (Å²) in [7, 11) is 0. The van der Waals surface area contributed by atoms with E-state index in [1.165, 1.54) is 0 Å². The SMILES string of the molecule is Cc1ccc(=O)n(C2CCC(Nc3nc4ccccc4[nH]3)CC2)n1. The van der Waals surface area contributed by atoms with Crippen LogP contribution in [0, 0.1) is 6.92 Å². The van der Waals surface area contributed by atoms with E-state index in [0.29, 0.717) is 6.04 Å². The van der Waals surface area contributed by atoms with Crippen LogP contribution in [-0.4, -0.2) is 25.8 Å². The van der Waals surface area contributed by atoms with Crippen LogP contribution in [0.4, 0.5) is 5.95 Å². The quantitative estimate of drug-likeness (QED) is 0.777. The molecule has 6 heteroatoms. The van der Waals surface area contributed by atoms with Crippen LogP contribution < -0.4 is 10.9 Å². The Kier molecular flexibility index (Phi) is 3.80. The van der Waals surface area contributed by atoms with E-state index in [2.05, 4.69) is 20.4 Å². The molecule has 1 aliphatic rings. The van der Waals surface area contributed by atoms with Gasteiger partial charge in [-0.25, -0.2) is 9.67 Å². The summed E-state index contributed by atoms with van der Waals surface area (Å²) in [4.78, 5) is 19.9. The van der Waals surface area contributed by atoms with Gasteiger partial charge in [-0.1, -0.05) is 12.1 Å². The summed E-state index contributed by atoms with van der Waals surface area (Å²) in [5.74, 6) is 0.825. The summed E-state index contributed by atoms with van der Waals surface area (Å²) in [6.45, 7) is 1.92. The van der Waals surface area contributed by atoms with Crippen molar-refractivity contribution >= 4 is 17.0 Å². The van der Waals surface area contributed by atoms with Crippen molar-refractivity contribution in [2.75, 3.05) is 5.32 Å². The van der Waals surface area contributed by atoms with Crippen molar-refractivity contribution in [2.45, 2.75) is 44.7 Å². The lowest BCUT2D eigenvalue weighted by Crippen LogP contribution is -2.33. The van der Waals surface area contributed by atoms with E-state index in [9.17, 15) is 4.79 Å². The highest BCUT2D eigenvalue weighted by Gasteiger charge is 2.24. The summed E-state index contributed by atoms with van der Waals surface area (Å²) in [6, 6.07) is 12.0. The number of nitrogens with zero attached hydrogens (tertiary/aromatic N) is 3. The largest absolute Gasteiger partial charge is 0.353 e. The molecule has 4 rings (SSSR count). The van der Waals surface area contributed by atoms with Crippen LogP contribution in [0.5, 0.6) is 0 Å². The molecule has 1 aliphatic carbocycles. The Bertz CT molecular complexity index is 872. The second-order valence-electron chi connectivity index (χ2n) is 6.51. The molecule has 2 heterocycles. The fourth-order valence-corrected chi connectivity index (χ4v) is 3.46. The number of aromatic amines is 1. The highest BCUT2D eigenvalue weighted by molar-refractivity contribution is 5.77. The lowest BCUT2D eigenvalue weighted by atomic mass is 9.91. The molecule has 124 valence electrons. The van der Waals surface area contributed by atoms with Crippen LogP contribution in [0.2, 0.25) is 0 Å². The van der Waals surface area contributed by atoms with Gasteiger partial charge in [-0.15, -0.1) is 0 Å². The third-order valence-electron chi connectivity index (χ3n) is 4.73. The molecule has 0 unspecified atom stereocenters. The Hall–Kier alpha value is -2.63. The Labute approximate surface area is 139 Å². The minimum Gasteiger partial charge on any atom is -0.353 e. The van der Waals surface area contributed by atoms with Crippen LogP contribution in [-0.2, 0) is 0 Å². The molecule has 24 heavy (non-hydrogen) atoms. The second kappa shape index (κ2) is 6.11. The number of para-hydroxylation sites is 2. The van der Waals surface area contributed by atoms with E-state index in [-0.39, 0.29) is 11.6 Å². The van der Waals surface area contributed by atoms with Gasteiger partial charge in [0.25, 0.3) is 5.56 Å². The Morgan fingerprint density at radius 2 is 1.92 bits per heavy atom. The standard InChI is InChI=1S/C18H21N5O/c1-12-6-11-17(24)23(22-12)14-9-7-13(8-10-14)19-18-20-15-4-2-3-5-16(15)21-18/h2-6,11,13-14H,7-10H2,1H3,(H2,19,20,21). The number of hydrogen-bond donors (Lipinski definition) is 2. The first-order chi connectivity index (χ1) is 11.7. The molecular weight excluding hydrogens is 302 g/mol. The molecule has 0 amide bonds. The van der Waals surface area contributed by atoms with Gasteiger partial charge in [0.1, 0.15) is 0 Å². The molecule has 0 atom stereocenters. The van der Waals surface area contributed by atoms with E-state index in [0.717, 1.165) is 48.4 Å². The average molecular weight is 323 g/mol. The molecule has 1 aromatic carbocycles. The first-order valence-electron chi connectivity index (χ1n) is 8.47. The number of anilines is 1. The summed E-state index contributed by atoms with van der Waals surface area (Å²) >= 11 is 0. The van der Waals surface area contributed by atoms with E-state index >= 15 is 0 Å². The van der Waals surface area contributed by atoms with E-state index in [1.807, 2.05) is 31.2 Å². The third-order valence-corrected chi connectivity index (χ3v) is 4.73. The Morgan fingerprint density at radius 1 is 1.12 bits per heavy atom. The fourth-order valence-electron chi connectivity index (χ4n) is 3.46. The van der Waals surface area contributed by atoms with Gasteiger partial charge in [0.15, 0.2) is 0 Å². The first kappa shape index (κ1) is 14.9. The predicted octanol–water partition coefficient (Wildman–Crippen LogP) is 3.02. The van der Waals surface area contributed by atoms with Gasteiger partial charge in [0, 0.05) is 12.1 Å². The van der Waals surface area contributed by atoms with Crippen LogP contribution in [0.1, 0.15) is 37.4 Å². The smallest absolute Gasteiger partial charge is 0.267 e. The second-order valence-corrected chi connectivity index (χ2v) is 6.51. The molecule has 2 aromatic heterocycles. The highest BCUT2D eigenvalue weighted by atomic mass is 16.1. The van der Waals surface area contributed by atoms with Gasteiger partial charge >= 0.3 is 0 Å². The zero-order valence-electron chi connectivity index (χ0n) is 13.7. The average Bonchev–Trinajstić information content (AvgIpc) is 3.00. The molecule has 6 nitrogen and oxygen atoms in total. The molecule has 1 saturated carbocycles. The number of fused-ring (bicyclic) bond motifs is 1. The van der Waals surface area contributed by atoms with Crippen molar-refractivity contribution in [1.82, 2.24) is 19.7 Å². The van der Waals surface area contributed by atoms with Crippen molar-refractivity contribution in [2.24, 2.45) is 0 Å². The van der Waals surface area contributed by atoms with Crippen LogP contribution in [0.25, 0.3) is 11.0 Å². The number of nitrogens with one attached hydrogen (secondary N) is 2. The Morgan fingerprint density at radius 3 is 2.71 bits per heavy atom. The third kappa shape index (κ3) is 2.91. The van der Waals surface area contributed by atoms with Gasteiger partial charge in [-0.3, -0.25) is 4.79 Å². The molecule has 0 saturated heterocycles. The van der Waals surface area contributed by atoms with Gasteiger partial charge < -0.3 is 10.3 Å².